The summed E-state index contributed by atoms with van der Waals surface area (Å²) in [6.45, 7) is 6.49. The number of rotatable bonds is 6. The van der Waals surface area contributed by atoms with Gasteiger partial charge in [-0.15, -0.1) is 11.3 Å². The number of methoxy groups -OCH3 is 1. The highest BCUT2D eigenvalue weighted by atomic mass is 32.1. The van der Waals surface area contributed by atoms with Crippen molar-refractivity contribution < 1.29 is 9.53 Å². The molecule has 3 rings (SSSR count). The number of nitrogens with zero attached hydrogens (tertiary/aromatic N) is 4. The van der Waals surface area contributed by atoms with Gasteiger partial charge in [0.15, 0.2) is 5.96 Å². The quantitative estimate of drug-likeness (QED) is 0.423. The van der Waals surface area contributed by atoms with Crippen LogP contribution >= 0.6 is 11.3 Å². The second-order valence-corrected chi connectivity index (χ2v) is 7.50. The first-order valence-corrected chi connectivity index (χ1v) is 10.5. The van der Waals surface area contributed by atoms with Crippen molar-refractivity contribution in [1.82, 2.24) is 20.5 Å². The first kappa shape index (κ1) is 20.9. The van der Waals surface area contributed by atoms with Gasteiger partial charge in [0.1, 0.15) is 10.6 Å². The Morgan fingerprint density at radius 1 is 1.21 bits per heavy atom. The van der Waals surface area contributed by atoms with E-state index < -0.39 is 0 Å². The van der Waals surface area contributed by atoms with Crippen molar-refractivity contribution in [3.8, 4) is 5.75 Å². The molecule has 0 bridgehead atoms. The summed E-state index contributed by atoms with van der Waals surface area (Å²) in [6.07, 6.45) is 0. The molecule has 29 heavy (non-hydrogen) atoms. The molecule has 0 radical (unpaired) electrons. The zero-order valence-electron chi connectivity index (χ0n) is 17.1. The minimum absolute atomic E-state index is 0.0767. The van der Waals surface area contributed by atoms with Gasteiger partial charge in [-0.3, -0.25) is 9.79 Å². The van der Waals surface area contributed by atoms with E-state index in [9.17, 15) is 4.79 Å². The molecule has 0 saturated carbocycles. The highest BCUT2D eigenvalue weighted by molar-refractivity contribution is 7.11. The van der Waals surface area contributed by atoms with Crippen LogP contribution in [0.1, 0.15) is 15.4 Å². The molecule has 156 valence electrons. The van der Waals surface area contributed by atoms with Crippen molar-refractivity contribution in [2.75, 3.05) is 58.3 Å². The summed E-state index contributed by atoms with van der Waals surface area (Å²) in [5, 5.41) is 6.26. The third-order valence-electron chi connectivity index (χ3n) is 4.86. The van der Waals surface area contributed by atoms with Crippen LogP contribution in [0.3, 0.4) is 0 Å². The Balaban J connectivity index is 1.44. The molecular weight excluding hydrogens is 388 g/mol. The van der Waals surface area contributed by atoms with Crippen LogP contribution in [0.25, 0.3) is 0 Å². The van der Waals surface area contributed by atoms with Crippen LogP contribution in [0.2, 0.25) is 0 Å². The van der Waals surface area contributed by atoms with E-state index in [1.54, 1.807) is 19.7 Å². The SMILES string of the molecule is CN=C(NCCNC(=O)c1scnc1C)N1CCN(c2ccccc2OC)CC1. The predicted octanol–water partition coefficient (Wildman–Crippen LogP) is 1.59. The van der Waals surface area contributed by atoms with Crippen LogP contribution in [-0.4, -0.2) is 75.2 Å². The number of anilines is 1. The third kappa shape index (κ3) is 5.17. The lowest BCUT2D eigenvalue weighted by molar-refractivity contribution is 0.0957. The van der Waals surface area contributed by atoms with Gasteiger partial charge in [-0.2, -0.15) is 0 Å². The number of carbonyl (C=O) groups is 1. The monoisotopic (exact) mass is 416 g/mol. The van der Waals surface area contributed by atoms with Gasteiger partial charge in [-0.1, -0.05) is 12.1 Å². The normalized spacial score (nSPS) is 14.7. The van der Waals surface area contributed by atoms with Crippen molar-refractivity contribution in [2.45, 2.75) is 6.92 Å². The number of carbonyl (C=O) groups excluding carboxylic acids is 1. The van der Waals surface area contributed by atoms with Crippen LogP contribution in [-0.2, 0) is 0 Å². The highest BCUT2D eigenvalue weighted by Crippen LogP contribution is 2.28. The van der Waals surface area contributed by atoms with Crippen LogP contribution in [0.5, 0.6) is 5.75 Å². The summed E-state index contributed by atoms with van der Waals surface area (Å²) >= 11 is 1.36. The first-order valence-electron chi connectivity index (χ1n) is 9.66. The van der Waals surface area contributed by atoms with Crippen LogP contribution in [0, 0.1) is 6.92 Å². The third-order valence-corrected chi connectivity index (χ3v) is 5.79. The van der Waals surface area contributed by atoms with Gasteiger partial charge in [0, 0.05) is 46.3 Å². The minimum Gasteiger partial charge on any atom is -0.495 e. The molecule has 2 heterocycles. The van der Waals surface area contributed by atoms with E-state index >= 15 is 0 Å². The molecule has 0 atom stereocenters. The lowest BCUT2D eigenvalue weighted by Crippen LogP contribution is -2.53. The number of hydrogen-bond donors (Lipinski definition) is 2. The number of benzene rings is 1. The van der Waals surface area contributed by atoms with Crippen molar-refractivity contribution in [3.05, 3.63) is 40.3 Å². The predicted molar refractivity (Wildman–Crippen MR) is 117 cm³/mol. The standard InChI is InChI=1S/C20H28N6O2S/c1-15-18(29-14-24-15)19(27)22-8-9-23-20(21-2)26-12-10-25(11-13-26)16-6-4-5-7-17(16)28-3/h4-7,14H,8-13H2,1-3H3,(H,21,23)(H,22,27). The molecule has 1 amide bonds. The number of hydrogen-bond acceptors (Lipinski definition) is 6. The molecule has 1 aliphatic heterocycles. The van der Waals surface area contributed by atoms with Gasteiger partial charge >= 0.3 is 0 Å². The topological polar surface area (TPSA) is 82.1 Å². The summed E-state index contributed by atoms with van der Waals surface area (Å²) in [5.74, 6) is 1.68. The van der Waals surface area contributed by atoms with E-state index in [1.807, 2.05) is 25.1 Å². The van der Waals surface area contributed by atoms with E-state index in [4.69, 9.17) is 4.74 Å². The molecular formula is C20H28N6O2S. The Hall–Kier alpha value is -2.81. The second kappa shape index (κ2) is 10.1. The fourth-order valence-corrected chi connectivity index (χ4v) is 4.05. The first-order chi connectivity index (χ1) is 14.1. The molecule has 8 nitrogen and oxygen atoms in total. The average Bonchev–Trinajstić information content (AvgIpc) is 3.20. The Morgan fingerprint density at radius 3 is 2.59 bits per heavy atom. The van der Waals surface area contributed by atoms with E-state index in [1.165, 1.54) is 11.3 Å². The molecule has 2 aromatic rings. The average molecular weight is 417 g/mol. The molecule has 9 heteroatoms. The number of ether oxygens (including phenoxy) is 1. The number of thiazole rings is 1. The Labute approximate surface area is 175 Å². The zero-order chi connectivity index (χ0) is 20.6. The van der Waals surface area contributed by atoms with Crippen molar-refractivity contribution >= 4 is 28.9 Å². The number of aryl methyl sites for hydroxylation is 1. The molecule has 2 N–H and O–H groups in total. The summed E-state index contributed by atoms with van der Waals surface area (Å²) in [6, 6.07) is 8.10. The Morgan fingerprint density at radius 2 is 1.93 bits per heavy atom. The van der Waals surface area contributed by atoms with Gasteiger partial charge in [0.05, 0.1) is 24.0 Å². The fraction of sp³-hybridized carbons (Fsp3) is 0.450. The lowest BCUT2D eigenvalue weighted by Gasteiger charge is -2.38. The van der Waals surface area contributed by atoms with Gasteiger partial charge in [-0.05, 0) is 19.1 Å². The molecule has 1 saturated heterocycles. The summed E-state index contributed by atoms with van der Waals surface area (Å²) < 4.78 is 5.48. The second-order valence-electron chi connectivity index (χ2n) is 6.64. The maximum Gasteiger partial charge on any atom is 0.263 e. The molecule has 0 aliphatic carbocycles. The van der Waals surface area contributed by atoms with Crippen molar-refractivity contribution in [3.63, 3.8) is 0 Å². The number of amides is 1. The molecule has 1 aromatic heterocycles. The van der Waals surface area contributed by atoms with Crippen LogP contribution < -0.4 is 20.3 Å². The fourth-order valence-electron chi connectivity index (χ4n) is 3.33. The van der Waals surface area contributed by atoms with Crippen molar-refractivity contribution in [1.29, 1.82) is 0 Å². The highest BCUT2D eigenvalue weighted by Gasteiger charge is 2.21. The van der Waals surface area contributed by atoms with Gasteiger partial charge < -0.3 is 25.2 Å². The largest absolute Gasteiger partial charge is 0.495 e. The van der Waals surface area contributed by atoms with Gasteiger partial charge in [0.2, 0.25) is 0 Å². The summed E-state index contributed by atoms with van der Waals surface area (Å²) in [4.78, 5) is 25.9. The summed E-state index contributed by atoms with van der Waals surface area (Å²) in [5.41, 5.74) is 3.58. The summed E-state index contributed by atoms with van der Waals surface area (Å²) in [7, 11) is 3.49. The lowest BCUT2D eigenvalue weighted by atomic mass is 10.2. The minimum atomic E-state index is -0.0767. The molecule has 1 aliphatic rings. The molecule has 0 unspecified atom stereocenters. The van der Waals surface area contributed by atoms with Crippen LogP contribution in [0.15, 0.2) is 34.8 Å². The molecule has 1 aromatic carbocycles. The van der Waals surface area contributed by atoms with Gasteiger partial charge in [0.25, 0.3) is 5.91 Å². The number of aliphatic imine (C=N–C) groups is 1. The Bertz CT molecular complexity index is 845. The molecule has 1 fully saturated rings. The van der Waals surface area contributed by atoms with E-state index in [0.717, 1.165) is 49.3 Å². The smallest absolute Gasteiger partial charge is 0.263 e. The van der Waals surface area contributed by atoms with Crippen LogP contribution in [0.4, 0.5) is 5.69 Å². The Kier molecular flexibility index (Phi) is 7.29. The number of guanidine groups is 1. The van der Waals surface area contributed by atoms with E-state index in [-0.39, 0.29) is 5.91 Å². The zero-order valence-corrected chi connectivity index (χ0v) is 18.0. The maximum atomic E-state index is 12.1. The van der Waals surface area contributed by atoms with Gasteiger partial charge in [-0.25, -0.2) is 4.98 Å². The number of nitrogens with one attached hydrogen (secondary N) is 2. The van der Waals surface area contributed by atoms with E-state index in [0.29, 0.717) is 18.0 Å². The maximum absolute atomic E-state index is 12.1. The number of para-hydroxylation sites is 2. The molecule has 0 spiro atoms. The number of aromatic nitrogens is 1. The van der Waals surface area contributed by atoms with E-state index in [2.05, 4.69) is 36.5 Å². The number of piperazine rings is 1. The van der Waals surface area contributed by atoms with Crippen molar-refractivity contribution in [2.24, 2.45) is 4.99 Å².